The highest BCUT2D eigenvalue weighted by Crippen LogP contribution is 2.27. The van der Waals surface area contributed by atoms with Crippen LogP contribution >= 0.6 is 11.3 Å². The van der Waals surface area contributed by atoms with Crippen LogP contribution in [0.5, 0.6) is 0 Å². The maximum atomic E-state index is 9.03. The molecule has 5 N–H and O–H groups in total. The normalized spacial score (nSPS) is 16.7. The number of nitrogens with one attached hydrogen (secondary N) is 4. The molecule has 1 aliphatic rings. The van der Waals surface area contributed by atoms with Crippen molar-refractivity contribution in [2.75, 3.05) is 42.2 Å². The quantitative estimate of drug-likeness (QED) is 0.419. The smallest absolute Gasteiger partial charge is 0.235 e. The molecule has 1 aromatic carbocycles. The zero-order valence-corrected chi connectivity index (χ0v) is 14.9. The summed E-state index contributed by atoms with van der Waals surface area (Å²) in [6.07, 6.45) is 1.02. The van der Waals surface area contributed by atoms with Gasteiger partial charge in [-0.25, -0.2) is 4.98 Å². The molecule has 3 aromatic rings. The first-order valence-corrected chi connectivity index (χ1v) is 9.32. The zero-order valence-electron chi connectivity index (χ0n) is 14.1. The predicted octanol–water partition coefficient (Wildman–Crippen LogP) is 1.40. The van der Waals surface area contributed by atoms with Crippen LogP contribution in [-0.4, -0.2) is 57.3 Å². The van der Waals surface area contributed by atoms with E-state index in [4.69, 9.17) is 5.11 Å². The first-order valence-electron chi connectivity index (χ1n) is 8.51. The molecule has 1 saturated heterocycles. The number of para-hydroxylation sites is 1. The van der Waals surface area contributed by atoms with Gasteiger partial charge in [0.05, 0.1) is 16.8 Å². The average molecular weight is 372 g/mol. The fraction of sp³-hybridized carbons (Fsp3) is 0.375. The summed E-state index contributed by atoms with van der Waals surface area (Å²) >= 11 is 1.54. The summed E-state index contributed by atoms with van der Waals surface area (Å²) in [5, 5.41) is 22.5. The monoisotopic (exact) mass is 372 g/mol. The number of thiazole rings is 1. The summed E-state index contributed by atoms with van der Waals surface area (Å²) in [5.74, 6) is 1.32. The Kier molecular flexibility index (Phi) is 5.04. The van der Waals surface area contributed by atoms with Crippen LogP contribution in [0, 0.1) is 0 Å². The van der Waals surface area contributed by atoms with Crippen molar-refractivity contribution in [2.24, 2.45) is 0 Å². The maximum absolute atomic E-state index is 9.03. The molecular weight excluding hydrogens is 352 g/mol. The maximum Gasteiger partial charge on any atom is 0.235 e. The van der Waals surface area contributed by atoms with E-state index in [9.17, 15) is 0 Å². The Labute approximate surface area is 154 Å². The standard InChI is InChI=1S/C16H20N8OS/c25-8-7-18-13-21-14(19-10-5-6-17-9-10)23-15(22-13)24-16-20-11-3-1-2-4-12(11)26-16/h1-4,10,17,25H,5-9H2,(H3,18,19,20,21,22,23,24)/t10-/m1/s1. The Hall–Kier alpha value is -2.56. The molecule has 0 amide bonds. The molecule has 10 heteroatoms. The summed E-state index contributed by atoms with van der Waals surface area (Å²) in [4.78, 5) is 17.8. The van der Waals surface area contributed by atoms with Gasteiger partial charge in [-0.2, -0.15) is 15.0 Å². The SMILES string of the molecule is OCCNc1nc(Nc2nc3ccccc3s2)nc(N[C@@H]2CCNC2)n1. The Bertz CT molecular complexity index is 847. The molecule has 0 aliphatic carbocycles. The van der Waals surface area contributed by atoms with E-state index in [-0.39, 0.29) is 6.61 Å². The number of aliphatic hydroxyl groups is 1. The van der Waals surface area contributed by atoms with Gasteiger partial charge in [-0.15, -0.1) is 0 Å². The lowest BCUT2D eigenvalue weighted by molar-refractivity contribution is 0.311. The van der Waals surface area contributed by atoms with E-state index in [2.05, 4.69) is 41.2 Å². The molecule has 0 saturated carbocycles. The lowest BCUT2D eigenvalue weighted by Gasteiger charge is -2.13. The molecule has 0 unspecified atom stereocenters. The van der Waals surface area contributed by atoms with Crippen LogP contribution in [0.3, 0.4) is 0 Å². The largest absolute Gasteiger partial charge is 0.395 e. The van der Waals surface area contributed by atoms with Crippen LogP contribution in [-0.2, 0) is 0 Å². The van der Waals surface area contributed by atoms with E-state index < -0.39 is 0 Å². The minimum Gasteiger partial charge on any atom is -0.395 e. The van der Waals surface area contributed by atoms with Crippen molar-refractivity contribution >= 4 is 44.5 Å². The molecule has 0 spiro atoms. The molecule has 1 aliphatic heterocycles. The number of hydrogen-bond acceptors (Lipinski definition) is 10. The lowest BCUT2D eigenvalue weighted by Crippen LogP contribution is -2.24. The zero-order chi connectivity index (χ0) is 17.8. The predicted molar refractivity (Wildman–Crippen MR) is 103 cm³/mol. The van der Waals surface area contributed by atoms with Gasteiger partial charge in [-0.1, -0.05) is 23.5 Å². The fourth-order valence-electron chi connectivity index (χ4n) is 2.72. The van der Waals surface area contributed by atoms with Crippen molar-refractivity contribution in [3.05, 3.63) is 24.3 Å². The van der Waals surface area contributed by atoms with E-state index >= 15 is 0 Å². The Morgan fingerprint density at radius 3 is 2.77 bits per heavy atom. The van der Waals surface area contributed by atoms with E-state index in [0.29, 0.717) is 30.4 Å². The van der Waals surface area contributed by atoms with Crippen LogP contribution in [0.4, 0.5) is 23.0 Å². The highest BCUT2D eigenvalue weighted by atomic mass is 32.1. The van der Waals surface area contributed by atoms with Gasteiger partial charge in [0.15, 0.2) is 5.13 Å². The highest BCUT2D eigenvalue weighted by molar-refractivity contribution is 7.22. The molecule has 9 nitrogen and oxygen atoms in total. The van der Waals surface area contributed by atoms with Gasteiger partial charge in [-0.05, 0) is 25.1 Å². The van der Waals surface area contributed by atoms with E-state index in [0.717, 1.165) is 34.9 Å². The van der Waals surface area contributed by atoms with Gasteiger partial charge in [0.25, 0.3) is 0 Å². The van der Waals surface area contributed by atoms with Crippen molar-refractivity contribution < 1.29 is 5.11 Å². The van der Waals surface area contributed by atoms with Crippen molar-refractivity contribution in [2.45, 2.75) is 12.5 Å². The first kappa shape index (κ1) is 16.9. The summed E-state index contributed by atoms with van der Waals surface area (Å²) in [5.41, 5.74) is 0.933. The number of fused-ring (bicyclic) bond motifs is 1. The second-order valence-corrected chi connectivity index (χ2v) is 6.93. The van der Waals surface area contributed by atoms with E-state index in [1.54, 1.807) is 11.3 Å². The third kappa shape index (κ3) is 3.98. The number of nitrogens with zero attached hydrogens (tertiary/aromatic N) is 4. The summed E-state index contributed by atoms with van der Waals surface area (Å²) in [7, 11) is 0. The lowest BCUT2D eigenvalue weighted by atomic mass is 10.3. The van der Waals surface area contributed by atoms with Crippen molar-refractivity contribution in [1.29, 1.82) is 0 Å². The van der Waals surface area contributed by atoms with Crippen LogP contribution in [0.2, 0.25) is 0 Å². The number of hydrogen-bond donors (Lipinski definition) is 5. The molecule has 4 rings (SSSR count). The molecule has 1 atom stereocenters. The molecule has 2 aromatic heterocycles. The molecule has 0 bridgehead atoms. The molecule has 26 heavy (non-hydrogen) atoms. The van der Waals surface area contributed by atoms with E-state index in [1.807, 2.05) is 24.3 Å². The van der Waals surface area contributed by atoms with Gasteiger partial charge >= 0.3 is 0 Å². The fourth-order valence-corrected chi connectivity index (χ4v) is 3.58. The molecule has 0 radical (unpaired) electrons. The number of aromatic nitrogens is 4. The van der Waals surface area contributed by atoms with Crippen LogP contribution in [0.1, 0.15) is 6.42 Å². The second-order valence-electron chi connectivity index (χ2n) is 5.90. The van der Waals surface area contributed by atoms with Crippen LogP contribution in [0.25, 0.3) is 10.2 Å². The van der Waals surface area contributed by atoms with Gasteiger partial charge < -0.3 is 21.1 Å². The number of anilines is 4. The number of benzene rings is 1. The third-order valence-corrected chi connectivity index (χ3v) is 4.89. The van der Waals surface area contributed by atoms with E-state index in [1.165, 1.54) is 0 Å². The Morgan fingerprint density at radius 2 is 1.96 bits per heavy atom. The molecule has 136 valence electrons. The first-order chi connectivity index (χ1) is 12.8. The topological polar surface area (TPSA) is 120 Å². The summed E-state index contributed by atoms with van der Waals surface area (Å²) < 4.78 is 1.10. The van der Waals surface area contributed by atoms with Gasteiger partial charge in [0.2, 0.25) is 17.8 Å². The third-order valence-electron chi connectivity index (χ3n) is 3.94. The highest BCUT2D eigenvalue weighted by Gasteiger charge is 2.17. The molecule has 1 fully saturated rings. The van der Waals surface area contributed by atoms with Crippen molar-refractivity contribution in [1.82, 2.24) is 25.3 Å². The van der Waals surface area contributed by atoms with Gasteiger partial charge in [0.1, 0.15) is 0 Å². The van der Waals surface area contributed by atoms with Gasteiger partial charge in [-0.3, -0.25) is 5.32 Å². The van der Waals surface area contributed by atoms with Crippen LogP contribution < -0.4 is 21.3 Å². The van der Waals surface area contributed by atoms with Crippen LogP contribution in [0.15, 0.2) is 24.3 Å². The molecular formula is C16H20N8OS. The number of aliphatic hydroxyl groups excluding tert-OH is 1. The second kappa shape index (κ2) is 7.77. The Balaban J connectivity index is 1.57. The van der Waals surface area contributed by atoms with Crippen molar-refractivity contribution in [3.63, 3.8) is 0 Å². The average Bonchev–Trinajstić information content (AvgIpc) is 3.28. The van der Waals surface area contributed by atoms with Crippen molar-refractivity contribution in [3.8, 4) is 0 Å². The minimum absolute atomic E-state index is 0.00161. The van der Waals surface area contributed by atoms with Gasteiger partial charge in [0, 0.05) is 19.1 Å². The summed E-state index contributed by atoms with van der Waals surface area (Å²) in [6, 6.07) is 8.24. The summed E-state index contributed by atoms with van der Waals surface area (Å²) in [6.45, 7) is 2.23. The minimum atomic E-state index is 0.00161. The number of rotatable bonds is 7. The molecule has 3 heterocycles. The Morgan fingerprint density at radius 1 is 1.12 bits per heavy atom.